The number of hydrogen-bond acceptors (Lipinski definition) is 6. The fourth-order valence-electron chi connectivity index (χ4n) is 4.70. The van der Waals surface area contributed by atoms with Crippen molar-refractivity contribution < 1.29 is 4.74 Å². The Kier molecular flexibility index (Phi) is 7.05. The first kappa shape index (κ1) is 24.1. The molecule has 3 heterocycles. The van der Waals surface area contributed by atoms with Gasteiger partial charge in [0.1, 0.15) is 23.5 Å². The average molecular weight is 500 g/mol. The van der Waals surface area contributed by atoms with Crippen LogP contribution in [0.25, 0.3) is 11.4 Å². The van der Waals surface area contributed by atoms with Gasteiger partial charge in [-0.25, -0.2) is 9.97 Å². The van der Waals surface area contributed by atoms with Crippen LogP contribution in [0.3, 0.4) is 0 Å². The molecule has 4 aromatic rings. The fourth-order valence-corrected chi connectivity index (χ4v) is 4.82. The van der Waals surface area contributed by atoms with Crippen LogP contribution in [0.5, 0.6) is 5.75 Å². The molecule has 0 unspecified atom stereocenters. The minimum absolute atomic E-state index is 0.164. The molecule has 1 aliphatic heterocycles. The van der Waals surface area contributed by atoms with E-state index in [1.165, 1.54) is 16.7 Å². The van der Waals surface area contributed by atoms with Crippen molar-refractivity contribution in [1.29, 1.82) is 0 Å². The molecule has 0 atom stereocenters. The summed E-state index contributed by atoms with van der Waals surface area (Å²) in [5.41, 5.74) is 5.60. The highest BCUT2D eigenvalue weighted by Crippen LogP contribution is 2.30. The van der Waals surface area contributed by atoms with Gasteiger partial charge in [-0.15, -0.1) is 0 Å². The molecule has 0 amide bonds. The van der Waals surface area contributed by atoms with Crippen LogP contribution < -0.4 is 15.0 Å². The molecule has 1 fully saturated rings. The Morgan fingerprint density at radius 1 is 0.944 bits per heavy atom. The lowest BCUT2D eigenvalue weighted by atomic mass is 10.1. The standard InChI is InChI=1S/C29H30ClN5O/c1-19-15-20(2)28(21(3)16-19)32-26-17-27(34-29(33-26)22-5-4-12-31-18-22)35-13-10-25(11-14-35)36-24-8-6-23(30)7-9-24/h4-9,12,15-18,25H,10-11,13-14H2,1-3H3,(H,32,33,34). The van der Waals surface area contributed by atoms with Gasteiger partial charge in [0.15, 0.2) is 5.82 Å². The van der Waals surface area contributed by atoms with E-state index in [2.05, 4.69) is 48.1 Å². The largest absolute Gasteiger partial charge is 0.490 e. The number of rotatable bonds is 6. The van der Waals surface area contributed by atoms with E-state index in [0.29, 0.717) is 10.8 Å². The highest BCUT2D eigenvalue weighted by molar-refractivity contribution is 6.30. The second-order valence-electron chi connectivity index (χ2n) is 9.33. The zero-order valence-electron chi connectivity index (χ0n) is 20.8. The van der Waals surface area contributed by atoms with Gasteiger partial charge in [0.25, 0.3) is 0 Å². The molecule has 0 bridgehead atoms. The molecule has 0 radical (unpaired) electrons. The van der Waals surface area contributed by atoms with Gasteiger partial charge in [0.2, 0.25) is 0 Å². The summed E-state index contributed by atoms with van der Waals surface area (Å²) in [5.74, 6) is 3.19. The summed E-state index contributed by atoms with van der Waals surface area (Å²) in [6.45, 7) is 8.07. The van der Waals surface area contributed by atoms with Crippen LogP contribution in [0.1, 0.15) is 29.5 Å². The van der Waals surface area contributed by atoms with Gasteiger partial charge in [-0.2, -0.15) is 0 Å². The van der Waals surface area contributed by atoms with Gasteiger partial charge in [-0.1, -0.05) is 29.3 Å². The van der Waals surface area contributed by atoms with Crippen LogP contribution in [-0.2, 0) is 0 Å². The summed E-state index contributed by atoms with van der Waals surface area (Å²) >= 11 is 6.00. The van der Waals surface area contributed by atoms with E-state index in [1.807, 2.05) is 42.5 Å². The Hall–Kier alpha value is -3.64. The van der Waals surface area contributed by atoms with Crippen molar-refractivity contribution in [2.45, 2.75) is 39.7 Å². The maximum Gasteiger partial charge on any atom is 0.165 e. The summed E-state index contributed by atoms with van der Waals surface area (Å²) in [5, 5.41) is 4.28. The summed E-state index contributed by atoms with van der Waals surface area (Å²) in [4.78, 5) is 16.4. The molecule has 2 aromatic heterocycles. The van der Waals surface area contributed by atoms with E-state index in [0.717, 1.165) is 54.6 Å². The third kappa shape index (κ3) is 5.60. The number of piperidine rings is 1. The fraction of sp³-hybridized carbons (Fsp3) is 0.276. The van der Waals surface area contributed by atoms with E-state index in [4.69, 9.17) is 26.3 Å². The zero-order valence-corrected chi connectivity index (χ0v) is 21.6. The zero-order chi connectivity index (χ0) is 25.1. The van der Waals surface area contributed by atoms with E-state index in [9.17, 15) is 0 Å². The highest BCUT2D eigenvalue weighted by atomic mass is 35.5. The van der Waals surface area contributed by atoms with Crippen molar-refractivity contribution in [3.63, 3.8) is 0 Å². The van der Waals surface area contributed by atoms with Crippen LogP contribution in [0.15, 0.2) is 67.0 Å². The molecular weight excluding hydrogens is 470 g/mol. The summed E-state index contributed by atoms with van der Waals surface area (Å²) < 4.78 is 6.19. The molecule has 36 heavy (non-hydrogen) atoms. The lowest BCUT2D eigenvalue weighted by Crippen LogP contribution is -2.38. The maximum absolute atomic E-state index is 6.19. The molecule has 1 saturated heterocycles. The molecule has 0 saturated carbocycles. The molecule has 0 aliphatic carbocycles. The summed E-state index contributed by atoms with van der Waals surface area (Å²) in [6, 6.07) is 17.9. The number of benzene rings is 2. The minimum atomic E-state index is 0.164. The van der Waals surface area contributed by atoms with E-state index < -0.39 is 0 Å². The number of nitrogens with zero attached hydrogens (tertiary/aromatic N) is 4. The van der Waals surface area contributed by atoms with Gasteiger partial charge < -0.3 is 15.0 Å². The Balaban J connectivity index is 1.39. The van der Waals surface area contributed by atoms with Crippen LogP contribution in [-0.4, -0.2) is 34.1 Å². The number of ether oxygens (including phenoxy) is 1. The van der Waals surface area contributed by atoms with Crippen molar-refractivity contribution in [3.8, 4) is 17.1 Å². The second kappa shape index (κ2) is 10.5. The third-order valence-electron chi connectivity index (χ3n) is 6.44. The number of pyridine rings is 1. The second-order valence-corrected chi connectivity index (χ2v) is 9.77. The van der Waals surface area contributed by atoms with Gasteiger partial charge in [0, 0.05) is 60.7 Å². The number of halogens is 1. The Morgan fingerprint density at radius 3 is 2.33 bits per heavy atom. The predicted molar refractivity (Wildman–Crippen MR) is 147 cm³/mol. The summed E-state index contributed by atoms with van der Waals surface area (Å²) in [7, 11) is 0. The Bertz CT molecular complexity index is 1310. The molecule has 6 nitrogen and oxygen atoms in total. The average Bonchev–Trinajstić information content (AvgIpc) is 2.88. The van der Waals surface area contributed by atoms with E-state index >= 15 is 0 Å². The normalized spacial score (nSPS) is 14.1. The van der Waals surface area contributed by atoms with E-state index in [-0.39, 0.29) is 6.10 Å². The van der Waals surface area contributed by atoms with Crippen molar-refractivity contribution in [2.24, 2.45) is 0 Å². The minimum Gasteiger partial charge on any atom is -0.490 e. The van der Waals surface area contributed by atoms with Gasteiger partial charge in [-0.05, 0) is 68.3 Å². The number of aryl methyl sites for hydroxylation is 3. The number of anilines is 3. The van der Waals surface area contributed by atoms with Gasteiger partial charge >= 0.3 is 0 Å². The van der Waals surface area contributed by atoms with Crippen LogP contribution in [0.2, 0.25) is 5.02 Å². The van der Waals surface area contributed by atoms with Gasteiger partial charge in [-0.3, -0.25) is 4.98 Å². The molecule has 7 heteroatoms. The topological polar surface area (TPSA) is 63.2 Å². The molecule has 1 N–H and O–H groups in total. The third-order valence-corrected chi connectivity index (χ3v) is 6.70. The number of aromatic nitrogens is 3. The van der Waals surface area contributed by atoms with Crippen LogP contribution >= 0.6 is 11.6 Å². The van der Waals surface area contributed by atoms with Gasteiger partial charge in [0.05, 0.1) is 0 Å². The maximum atomic E-state index is 6.19. The first-order chi connectivity index (χ1) is 17.4. The molecule has 2 aromatic carbocycles. The molecule has 1 aliphatic rings. The monoisotopic (exact) mass is 499 g/mol. The molecule has 0 spiro atoms. The quantitative estimate of drug-likeness (QED) is 0.311. The van der Waals surface area contributed by atoms with Crippen molar-refractivity contribution >= 4 is 28.9 Å². The summed E-state index contributed by atoms with van der Waals surface area (Å²) in [6.07, 6.45) is 5.55. The Labute approximate surface area is 217 Å². The van der Waals surface area contributed by atoms with Crippen LogP contribution in [0, 0.1) is 20.8 Å². The Morgan fingerprint density at radius 2 is 1.67 bits per heavy atom. The van der Waals surface area contributed by atoms with Crippen molar-refractivity contribution in [3.05, 3.63) is 88.7 Å². The molecule has 5 rings (SSSR count). The lowest BCUT2D eigenvalue weighted by Gasteiger charge is -2.33. The van der Waals surface area contributed by atoms with Crippen LogP contribution in [0.4, 0.5) is 17.3 Å². The lowest BCUT2D eigenvalue weighted by molar-refractivity contribution is 0.170. The first-order valence-corrected chi connectivity index (χ1v) is 12.6. The smallest absolute Gasteiger partial charge is 0.165 e. The number of hydrogen-bond donors (Lipinski definition) is 1. The number of nitrogens with one attached hydrogen (secondary N) is 1. The molecule has 184 valence electrons. The SMILES string of the molecule is Cc1cc(C)c(Nc2cc(N3CCC(Oc4ccc(Cl)cc4)CC3)nc(-c3cccnc3)n2)c(C)c1. The van der Waals surface area contributed by atoms with Crippen molar-refractivity contribution in [1.82, 2.24) is 15.0 Å². The first-order valence-electron chi connectivity index (χ1n) is 12.3. The van der Waals surface area contributed by atoms with E-state index in [1.54, 1.807) is 12.4 Å². The molecular formula is C29H30ClN5O. The van der Waals surface area contributed by atoms with Crippen molar-refractivity contribution in [2.75, 3.05) is 23.3 Å². The predicted octanol–water partition coefficient (Wildman–Crippen LogP) is 6.91. The highest BCUT2D eigenvalue weighted by Gasteiger charge is 2.23.